The van der Waals surface area contributed by atoms with Crippen LogP contribution < -0.4 is 5.32 Å². The number of hydrogen-bond acceptors (Lipinski definition) is 3. The van der Waals surface area contributed by atoms with E-state index in [9.17, 15) is 4.79 Å². The zero-order valence-corrected chi connectivity index (χ0v) is 10.2. The summed E-state index contributed by atoms with van der Waals surface area (Å²) in [6.07, 6.45) is 0.707. The molecule has 0 fully saturated rings. The quantitative estimate of drug-likeness (QED) is 0.570. The van der Waals surface area contributed by atoms with Gasteiger partial charge in [-0.05, 0) is 18.6 Å². The van der Waals surface area contributed by atoms with Gasteiger partial charge in [0.2, 0.25) is 0 Å². The molecular formula is C14H17NO3. The van der Waals surface area contributed by atoms with Crippen molar-refractivity contribution in [1.82, 2.24) is 5.32 Å². The molecule has 4 nitrogen and oxygen atoms in total. The highest BCUT2D eigenvalue weighted by Gasteiger charge is 1.94. The Hall–Kier alpha value is -1.83. The van der Waals surface area contributed by atoms with Gasteiger partial charge in [-0.1, -0.05) is 24.1 Å². The van der Waals surface area contributed by atoms with Gasteiger partial charge in [0, 0.05) is 24.6 Å². The summed E-state index contributed by atoms with van der Waals surface area (Å²) in [5, 5.41) is 11.2. The Bertz CT molecular complexity index is 406. The van der Waals surface area contributed by atoms with Gasteiger partial charge in [-0.25, -0.2) is 0 Å². The minimum atomic E-state index is -0.291. The Labute approximate surface area is 107 Å². The lowest BCUT2D eigenvalue weighted by molar-refractivity contribution is -0.115. The van der Waals surface area contributed by atoms with E-state index in [-0.39, 0.29) is 12.5 Å². The molecule has 0 aliphatic rings. The normalized spacial score (nSPS) is 9.39. The van der Waals surface area contributed by atoms with Crippen LogP contribution in [0.3, 0.4) is 0 Å². The largest absolute Gasteiger partial charge is 0.394 e. The molecule has 1 rings (SSSR count). The summed E-state index contributed by atoms with van der Waals surface area (Å²) in [5.74, 6) is 5.01. The second-order valence-corrected chi connectivity index (χ2v) is 3.56. The van der Waals surface area contributed by atoms with E-state index in [0.29, 0.717) is 26.2 Å². The van der Waals surface area contributed by atoms with E-state index in [2.05, 4.69) is 17.2 Å². The molecule has 0 spiro atoms. The van der Waals surface area contributed by atoms with Crippen molar-refractivity contribution in [2.45, 2.75) is 6.42 Å². The van der Waals surface area contributed by atoms with Gasteiger partial charge in [0.1, 0.15) is 0 Å². The molecule has 1 aromatic rings. The molecule has 0 heterocycles. The average molecular weight is 247 g/mol. The van der Waals surface area contributed by atoms with Crippen molar-refractivity contribution in [2.75, 3.05) is 26.4 Å². The fourth-order valence-electron chi connectivity index (χ4n) is 1.24. The smallest absolute Gasteiger partial charge is 0.296 e. The molecule has 0 saturated carbocycles. The second-order valence-electron chi connectivity index (χ2n) is 3.56. The predicted molar refractivity (Wildman–Crippen MR) is 68.9 cm³/mol. The van der Waals surface area contributed by atoms with Crippen molar-refractivity contribution in [2.24, 2.45) is 0 Å². The number of hydrogen-bond donors (Lipinski definition) is 2. The molecule has 0 atom stereocenters. The summed E-state index contributed by atoms with van der Waals surface area (Å²) in [5.41, 5.74) is 0.818. The minimum absolute atomic E-state index is 0.0227. The summed E-state index contributed by atoms with van der Waals surface area (Å²) < 4.78 is 5.06. The average Bonchev–Trinajstić information content (AvgIpc) is 2.41. The van der Waals surface area contributed by atoms with Crippen molar-refractivity contribution in [3.05, 3.63) is 35.9 Å². The Morgan fingerprint density at radius 1 is 1.28 bits per heavy atom. The molecule has 0 aliphatic carbocycles. The van der Waals surface area contributed by atoms with Gasteiger partial charge in [-0.15, -0.1) is 0 Å². The number of aliphatic hydroxyl groups excluding tert-OH is 1. The molecule has 0 aromatic heterocycles. The maximum atomic E-state index is 11.3. The number of amides is 1. The van der Waals surface area contributed by atoms with E-state index in [4.69, 9.17) is 9.84 Å². The predicted octanol–water partition coefficient (Wildman–Crippen LogP) is 0.553. The highest BCUT2D eigenvalue weighted by Crippen LogP contribution is 1.94. The van der Waals surface area contributed by atoms with Gasteiger partial charge in [0.05, 0.1) is 13.2 Å². The maximum absolute atomic E-state index is 11.3. The standard InChI is InChI=1S/C14H17NO3/c16-10-12-18-11-4-9-15-14(17)8-7-13-5-2-1-3-6-13/h1-3,5-6,16H,4,9-12H2,(H,15,17). The summed E-state index contributed by atoms with van der Waals surface area (Å²) in [6, 6.07) is 9.35. The minimum Gasteiger partial charge on any atom is -0.394 e. The molecule has 0 aliphatic heterocycles. The van der Waals surface area contributed by atoms with Crippen molar-refractivity contribution < 1.29 is 14.6 Å². The van der Waals surface area contributed by atoms with Crippen LogP contribution in [0.2, 0.25) is 0 Å². The van der Waals surface area contributed by atoms with Gasteiger partial charge in [0.15, 0.2) is 0 Å². The third kappa shape index (κ3) is 6.69. The third-order valence-corrected chi connectivity index (χ3v) is 2.08. The van der Waals surface area contributed by atoms with Crippen LogP contribution in [0.4, 0.5) is 0 Å². The van der Waals surface area contributed by atoms with Crippen LogP contribution in [0.1, 0.15) is 12.0 Å². The zero-order valence-electron chi connectivity index (χ0n) is 10.2. The monoisotopic (exact) mass is 247 g/mol. The van der Waals surface area contributed by atoms with Crippen LogP contribution in [-0.2, 0) is 9.53 Å². The highest BCUT2D eigenvalue weighted by molar-refractivity contribution is 5.94. The van der Waals surface area contributed by atoms with E-state index in [1.165, 1.54) is 0 Å². The van der Waals surface area contributed by atoms with E-state index >= 15 is 0 Å². The van der Waals surface area contributed by atoms with Crippen LogP contribution >= 0.6 is 0 Å². The molecule has 0 unspecified atom stereocenters. The maximum Gasteiger partial charge on any atom is 0.296 e. The van der Waals surface area contributed by atoms with Crippen LogP contribution in [-0.4, -0.2) is 37.4 Å². The van der Waals surface area contributed by atoms with E-state index < -0.39 is 0 Å². The summed E-state index contributed by atoms with van der Waals surface area (Å²) in [4.78, 5) is 11.3. The lowest BCUT2D eigenvalue weighted by Crippen LogP contribution is -2.23. The van der Waals surface area contributed by atoms with Crippen molar-refractivity contribution in [3.63, 3.8) is 0 Å². The fraction of sp³-hybridized carbons (Fsp3) is 0.357. The second kappa shape index (κ2) is 9.23. The van der Waals surface area contributed by atoms with Gasteiger partial charge < -0.3 is 15.2 Å². The van der Waals surface area contributed by atoms with E-state index in [0.717, 1.165) is 5.56 Å². The first-order chi connectivity index (χ1) is 8.83. The highest BCUT2D eigenvalue weighted by atomic mass is 16.5. The fourth-order valence-corrected chi connectivity index (χ4v) is 1.24. The molecular weight excluding hydrogens is 230 g/mol. The number of carbonyl (C=O) groups excluding carboxylic acids is 1. The van der Waals surface area contributed by atoms with Crippen LogP contribution in [0, 0.1) is 11.8 Å². The van der Waals surface area contributed by atoms with Gasteiger partial charge >= 0.3 is 0 Å². The molecule has 0 bridgehead atoms. The Morgan fingerprint density at radius 3 is 2.78 bits per heavy atom. The molecule has 1 aromatic carbocycles. The number of carbonyl (C=O) groups is 1. The Balaban J connectivity index is 2.16. The van der Waals surface area contributed by atoms with Crippen LogP contribution in [0.25, 0.3) is 0 Å². The molecule has 1 amide bonds. The first kappa shape index (κ1) is 14.2. The lowest BCUT2D eigenvalue weighted by atomic mass is 10.2. The number of nitrogens with one attached hydrogen (secondary N) is 1. The van der Waals surface area contributed by atoms with Gasteiger partial charge in [-0.3, -0.25) is 4.79 Å². The van der Waals surface area contributed by atoms with Crippen molar-refractivity contribution >= 4 is 5.91 Å². The van der Waals surface area contributed by atoms with Crippen molar-refractivity contribution in [1.29, 1.82) is 0 Å². The van der Waals surface area contributed by atoms with Gasteiger partial charge in [-0.2, -0.15) is 0 Å². The Morgan fingerprint density at radius 2 is 2.06 bits per heavy atom. The third-order valence-electron chi connectivity index (χ3n) is 2.08. The molecule has 0 radical (unpaired) electrons. The number of ether oxygens (including phenoxy) is 1. The summed E-state index contributed by atoms with van der Waals surface area (Å²) >= 11 is 0. The van der Waals surface area contributed by atoms with Crippen LogP contribution in [0.15, 0.2) is 30.3 Å². The molecule has 2 N–H and O–H groups in total. The SMILES string of the molecule is O=C(C#Cc1ccccc1)NCCCOCCO. The summed E-state index contributed by atoms with van der Waals surface area (Å²) in [6.45, 7) is 1.40. The van der Waals surface area contributed by atoms with E-state index in [1.807, 2.05) is 30.3 Å². The first-order valence-electron chi connectivity index (χ1n) is 5.86. The lowest BCUT2D eigenvalue weighted by Gasteiger charge is -2.02. The molecule has 18 heavy (non-hydrogen) atoms. The van der Waals surface area contributed by atoms with E-state index in [1.54, 1.807) is 0 Å². The van der Waals surface area contributed by atoms with Crippen molar-refractivity contribution in [3.8, 4) is 11.8 Å². The number of rotatable bonds is 6. The summed E-state index contributed by atoms with van der Waals surface area (Å²) in [7, 11) is 0. The topological polar surface area (TPSA) is 58.6 Å². The Kier molecular flexibility index (Phi) is 7.29. The number of benzene rings is 1. The number of aliphatic hydroxyl groups is 1. The zero-order chi connectivity index (χ0) is 13.1. The molecule has 4 heteroatoms. The molecule has 96 valence electrons. The first-order valence-corrected chi connectivity index (χ1v) is 5.86. The molecule has 0 saturated heterocycles. The van der Waals surface area contributed by atoms with Crippen LogP contribution in [0.5, 0.6) is 0 Å². The van der Waals surface area contributed by atoms with Gasteiger partial charge in [0.25, 0.3) is 5.91 Å².